The third-order valence-corrected chi connectivity index (χ3v) is 4.01. The lowest BCUT2D eigenvalue weighted by Gasteiger charge is -2.15. The summed E-state index contributed by atoms with van der Waals surface area (Å²) in [4.78, 5) is 11.9. The van der Waals surface area contributed by atoms with Crippen molar-refractivity contribution in [3.8, 4) is 5.75 Å². The number of carbonyl (C=O) groups excluding carboxylic acids is 1. The molecule has 3 N–H and O–H groups in total. The monoisotopic (exact) mass is 321 g/mol. The zero-order valence-corrected chi connectivity index (χ0v) is 14.4. The van der Waals surface area contributed by atoms with E-state index in [9.17, 15) is 15.0 Å². The van der Waals surface area contributed by atoms with E-state index < -0.39 is 0 Å². The second kappa shape index (κ2) is 11.1. The van der Waals surface area contributed by atoms with Crippen LogP contribution < -0.4 is 5.32 Å². The molecule has 0 aliphatic carbocycles. The van der Waals surface area contributed by atoms with E-state index in [0.717, 1.165) is 24.3 Å². The van der Waals surface area contributed by atoms with Crippen molar-refractivity contribution in [2.45, 2.75) is 52.4 Å². The normalized spacial score (nSPS) is 12.3. The molecule has 1 rings (SSSR count). The molecule has 0 fully saturated rings. The molecule has 1 unspecified atom stereocenters. The van der Waals surface area contributed by atoms with Crippen LogP contribution in [-0.4, -0.2) is 29.3 Å². The predicted octanol–water partition coefficient (Wildman–Crippen LogP) is 3.27. The number of aliphatic hydroxyl groups excluding tert-OH is 1. The lowest BCUT2D eigenvalue weighted by atomic mass is 9.96. The Labute approximate surface area is 139 Å². The Bertz CT molecular complexity index is 460. The second-order valence-electron chi connectivity index (χ2n) is 6.68. The van der Waals surface area contributed by atoms with Crippen LogP contribution in [0.15, 0.2) is 24.3 Å². The molecule has 23 heavy (non-hydrogen) atoms. The van der Waals surface area contributed by atoms with Crippen LogP contribution in [0.4, 0.5) is 0 Å². The van der Waals surface area contributed by atoms with Crippen molar-refractivity contribution in [2.75, 3.05) is 13.2 Å². The fourth-order valence-corrected chi connectivity index (χ4v) is 2.61. The molecular formula is C19H31NO3. The summed E-state index contributed by atoms with van der Waals surface area (Å²) in [7, 11) is 0. The first-order valence-corrected chi connectivity index (χ1v) is 8.67. The van der Waals surface area contributed by atoms with Gasteiger partial charge in [-0.05, 0) is 36.3 Å². The minimum atomic E-state index is -0.163. The smallest absolute Gasteiger partial charge is 0.220 e. The largest absolute Gasteiger partial charge is 0.508 e. The molecule has 130 valence electrons. The summed E-state index contributed by atoms with van der Waals surface area (Å²) in [6, 6.07) is 7.06. The summed E-state index contributed by atoms with van der Waals surface area (Å²) >= 11 is 0. The van der Waals surface area contributed by atoms with Gasteiger partial charge in [-0.15, -0.1) is 0 Å². The highest BCUT2D eigenvalue weighted by Gasteiger charge is 2.15. The first-order chi connectivity index (χ1) is 11.0. The van der Waals surface area contributed by atoms with Crippen LogP contribution in [0.5, 0.6) is 5.75 Å². The maximum absolute atomic E-state index is 11.9. The average Bonchev–Trinajstić information content (AvgIpc) is 2.51. The van der Waals surface area contributed by atoms with E-state index in [-0.39, 0.29) is 30.6 Å². The maximum atomic E-state index is 11.9. The van der Waals surface area contributed by atoms with Crippen molar-refractivity contribution in [1.29, 1.82) is 0 Å². The minimum Gasteiger partial charge on any atom is -0.508 e. The number of phenolic OH excluding ortho intramolecular Hbond substituents is 1. The zero-order valence-electron chi connectivity index (χ0n) is 14.4. The number of aliphatic hydroxyl groups is 1. The Hall–Kier alpha value is -1.55. The summed E-state index contributed by atoms with van der Waals surface area (Å²) < 4.78 is 0. The van der Waals surface area contributed by atoms with Gasteiger partial charge >= 0.3 is 0 Å². The van der Waals surface area contributed by atoms with Gasteiger partial charge in [0.05, 0.1) is 0 Å². The first kappa shape index (κ1) is 19.5. The lowest BCUT2D eigenvalue weighted by Crippen LogP contribution is -2.28. The molecular weight excluding hydrogens is 290 g/mol. The Morgan fingerprint density at radius 2 is 1.91 bits per heavy atom. The molecule has 4 heteroatoms. The van der Waals surface area contributed by atoms with Crippen LogP contribution in [0.2, 0.25) is 0 Å². The molecule has 1 aromatic rings. The number of hydrogen-bond donors (Lipinski definition) is 3. The van der Waals surface area contributed by atoms with Crippen molar-refractivity contribution >= 4 is 5.91 Å². The number of nitrogens with one attached hydrogen (secondary N) is 1. The highest BCUT2D eigenvalue weighted by Crippen LogP contribution is 2.21. The number of rotatable bonds is 11. The van der Waals surface area contributed by atoms with Crippen LogP contribution in [0, 0.1) is 11.8 Å². The Kier molecular flexibility index (Phi) is 9.37. The number of unbranched alkanes of at least 4 members (excludes halogenated alkanes) is 2. The minimum absolute atomic E-state index is 0.0247. The van der Waals surface area contributed by atoms with E-state index in [1.54, 1.807) is 12.1 Å². The molecule has 0 bridgehead atoms. The molecule has 0 radical (unpaired) electrons. The second-order valence-corrected chi connectivity index (χ2v) is 6.68. The van der Waals surface area contributed by atoms with Crippen LogP contribution in [0.25, 0.3) is 0 Å². The molecule has 0 aliphatic heterocycles. The van der Waals surface area contributed by atoms with E-state index in [1.807, 2.05) is 12.1 Å². The molecule has 1 atom stereocenters. The maximum Gasteiger partial charge on any atom is 0.220 e. The van der Waals surface area contributed by atoms with Gasteiger partial charge in [0.1, 0.15) is 5.75 Å². The van der Waals surface area contributed by atoms with Crippen molar-refractivity contribution < 1.29 is 15.0 Å². The summed E-state index contributed by atoms with van der Waals surface area (Å²) in [5.41, 5.74) is 0.771. The molecule has 1 amide bonds. The van der Waals surface area contributed by atoms with Gasteiger partial charge in [-0.3, -0.25) is 4.79 Å². The van der Waals surface area contributed by atoms with E-state index >= 15 is 0 Å². The third-order valence-electron chi connectivity index (χ3n) is 4.01. The van der Waals surface area contributed by atoms with Gasteiger partial charge in [-0.25, -0.2) is 0 Å². The molecule has 4 nitrogen and oxygen atoms in total. The molecule has 0 saturated carbocycles. The van der Waals surface area contributed by atoms with Crippen LogP contribution >= 0.6 is 0 Å². The SMILES string of the molecule is CC(C)CCCCCNC(=O)CC(CO)Cc1ccccc1O. The Morgan fingerprint density at radius 3 is 2.57 bits per heavy atom. The summed E-state index contributed by atoms with van der Waals surface area (Å²) in [5.74, 6) is 0.772. The lowest BCUT2D eigenvalue weighted by molar-refractivity contribution is -0.122. The van der Waals surface area contributed by atoms with Crippen molar-refractivity contribution in [1.82, 2.24) is 5.32 Å². The number of para-hydroxylation sites is 1. The summed E-state index contributed by atoms with van der Waals surface area (Å²) in [6.45, 7) is 5.09. The van der Waals surface area contributed by atoms with E-state index in [2.05, 4.69) is 19.2 Å². The van der Waals surface area contributed by atoms with Gasteiger partial charge in [0.15, 0.2) is 0 Å². The van der Waals surface area contributed by atoms with Crippen LogP contribution in [0.3, 0.4) is 0 Å². The predicted molar refractivity (Wildman–Crippen MR) is 93.3 cm³/mol. The topological polar surface area (TPSA) is 69.6 Å². The number of benzene rings is 1. The first-order valence-electron chi connectivity index (χ1n) is 8.67. The fraction of sp³-hybridized carbons (Fsp3) is 0.632. The van der Waals surface area contributed by atoms with Crippen molar-refractivity contribution in [3.05, 3.63) is 29.8 Å². The van der Waals surface area contributed by atoms with Gasteiger partial charge in [0, 0.05) is 19.6 Å². The van der Waals surface area contributed by atoms with E-state index in [1.165, 1.54) is 12.8 Å². The summed E-state index contributed by atoms with van der Waals surface area (Å²) in [6.07, 6.45) is 5.38. The number of carbonyl (C=O) groups is 1. The molecule has 0 aliphatic rings. The Morgan fingerprint density at radius 1 is 1.17 bits per heavy atom. The number of aromatic hydroxyl groups is 1. The number of hydrogen-bond acceptors (Lipinski definition) is 3. The zero-order chi connectivity index (χ0) is 17.1. The van der Waals surface area contributed by atoms with Crippen LogP contribution in [-0.2, 0) is 11.2 Å². The standard InChI is InChI=1S/C19H31NO3/c1-15(2)8-4-3-7-11-20-19(23)13-16(14-21)12-17-9-5-6-10-18(17)22/h5-6,9-10,15-16,21-22H,3-4,7-8,11-14H2,1-2H3,(H,20,23). The Balaban J connectivity index is 2.24. The van der Waals surface area contributed by atoms with Crippen molar-refractivity contribution in [2.24, 2.45) is 11.8 Å². The van der Waals surface area contributed by atoms with Gasteiger partial charge in [0.2, 0.25) is 5.91 Å². The van der Waals surface area contributed by atoms with Gasteiger partial charge in [-0.1, -0.05) is 51.3 Å². The quantitative estimate of drug-likeness (QED) is 0.548. The third kappa shape index (κ3) is 8.60. The van der Waals surface area contributed by atoms with Gasteiger partial charge < -0.3 is 15.5 Å². The highest BCUT2D eigenvalue weighted by atomic mass is 16.3. The molecule has 0 aromatic heterocycles. The fourth-order valence-electron chi connectivity index (χ4n) is 2.61. The van der Waals surface area contributed by atoms with Gasteiger partial charge in [-0.2, -0.15) is 0 Å². The highest BCUT2D eigenvalue weighted by molar-refractivity contribution is 5.76. The van der Waals surface area contributed by atoms with E-state index in [0.29, 0.717) is 13.0 Å². The van der Waals surface area contributed by atoms with Crippen molar-refractivity contribution in [3.63, 3.8) is 0 Å². The van der Waals surface area contributed by atoms with Crippen LogP contribution in [0.1, 0.15) is 51.5 Å². The molecule has 0 heterocycles. The van der Waals surface area contributed by atoms with Gasteiger partial charge in [0.25, 0.3) is 0 Å². The number of amides is 1. The number of phenols is 1. The van der Waals surface area contributed by atoms with E-state index in [4.69, 9.17) is 0 Å². The molecule has 0 spiro atoms. The molecule has 0 saturated heterocycles. The molecule has 1 aromatic carbocycles. The average molecular weight is 321 g/mol. The summed E-state index contributed by atoms with van der Waals surface area (Å²) in [5, 5.41) is 22.2.